The lowest BCUT2D eigenvalue weighted by molar-refractivity contribution is -0.137. The number of alkyl halides is 3. The first-order chi connectivity index (χ1) is 12.3. The Morgan fingerprint density at radius 1 is 1.33 bits per heavy atom. The average Bonchev–Trinajstić information content (AvgIpc) is 2.60. The molecule has 2 amide bonds. The van der Waals surface area contributed by atoms with Crippen LogP contribution >= 0.6 is 12.4 Å². The Bertz CT molecular complexity index is 637. The molecule has 1 aliphatic heterocycles. The van der Waals surface area contributed by atoms with Gasteiger partial charge in [-0.3, -0.25) is 9.59 Å². The van der Waals surface area contributed by atoms with E-state index in [9.17, 15) is 22.8 Å². The number of nitrogens with zero attached hydrogens (tertiary/aromatic N) is 1. The lowest BCUT2D eigenvalue weighted by Gasteiger charge is -2.27. The second kappa shape index (κ2) is 10.5. The van der Waals surface area contributed by atoms with Gasteiger partial charge in [0.15, 0.2) is 0 Å². The van der Waals surface area contributed by atoms with Crippen molar-refractivity contribution in [1.82, 2.24) is 10.2 Å². The average molecular weight is 410 g/mol. The van der Waals surface area contributed by atoms with Crippen molar-refractivity contribution < 1.29 is 27.5 Å². The van der Waals surface area contributed by atoms with Crippen LogP contribution in [0.25, 0.3) is 0 Å². The van der Waals surface area contributed by atoms with Crippen LogP contribution in [0.4, 0.5) is 18.9 Å². The monoisotopic (exact) mass is 409 g/mol. The lowest BCUT2D eigenvalue weighted by atomic mass is 10.1. The number of rotatable bonds is 6. The summed E-state index contributed by atoms with van der Waals surface area (Å²) in [6.45, 7) is 3.33. The van der Waals surface area contributed by atoms with Gasteiger partial charge in [-0.05, 0) is 19.1 Å². The van der Waals surface area contributed by atoms with Gasteiger partial charge in [-0.15, -0.1) is 12.4 Å². The smallest absolute Gasteiger partial charge is 0.378 e. The summed E-state index contributed by atoms with van der Waals surface area (Å²) in [6, 6.07) is 4.61. The van der Waals surface area contributed by atoms with E-state index in [1.807, 2.05) is 0 Å². The molecule has 0 radical (unpaired) electrons. The molecule has 0 aromatic heterocycles. The zero-order valence-electron chi connectivity index (χ0n) is 14.8. The molecule has 10 heteroatoms. The Balaban J connectivity index is 0.00000364. The van der Waals surface area contributed by atoms with E-state index in [2.05, 4.69) is 10.6 Å². The first-order valence-electron chi connectivity index (χ1n) is 8.36. The fraction of sp³-hybridized carbons (Fsp3) is 0.529. The van der Waals surface area contributed by atoms with Crippen LogP contribution in [0.1, 0.15) is 18.9 Å². The highest BCUT2D eigenvalue weighted by Crippen LogP contribution is 2.34. The number of likely N-dealkylation sites (N-methyl/N-ethyl adjacent to an activating group) is 1. The number of para-hydroxylation sites is 1. The van der Waals surface area contributed by atoms with Crippen molar-refractivity contribution in [3.63, 3.8) is 0 Å². The van der Waals surface area contributed by atoms with E-state index < -0.39 is 17.6 Å². The minimum Gasteiger partial charge on any atom is -0.378 e. The van der Waals surface area contributed by atoms with E-state index >= 15 is 0 Å². The van der Waals surface area contributed by atoms with Gasteiger partial charge in [0.25, 0.3) is 0 Å². The Hall–Kier alpha value is -1.84. The third-order valence-corrected chi connectivity index (χ3v) is 3.99. The van der Waals surface area contributed by atoms with Gasteiger partial charge in [0.05, 0.1) is 31.0 Å². The van der Waals surface area contributed by atoms with E-state index in [1.165, 1.54) is 23.1 Å². The van der Waals surface area contributed by atoms with Crippen molar-refractivity contribution in [1.29, 1.82) is 0 Å². The Kier molecular flexibility index (Phi) is 9.01. The van der Waals surface area contributed by atoms with Gasteiger partial charge in [-0.1, -0.05) is 12.1 Å². The van der Waals surface area contributed by atoms with Crippen molar-refractivity contribution in [2.45, 2.75) is 25.6 Å². The fourth-order valence-corrected chi connectivity index (χ4v) is 2.67. The molecule has 152 valence electrons. The molecule has 1 fully saturated rings. The van der Waals surface area contributed by atoms with Crippen LogP contribution in [0, 0.1) is 0 Å². The Morgan fingerprint density at radius 2 is 2.04 bits per heavy atom. The first-order valence-corrected chi connectivity index (χ1v) is 8.36. The third kappa shape index (κ3) is 7.00. The van der Waals surface area contributed by atoms with Gasteiger partial charge in [0, 0.05) is 25.6 Å². The molecular weight excluding hydrogens is 387 g/mol. The van der Waals surface area contributed by atoms with Gasteiger partial charge < -0.3 is 20.3 Å². The highest BCUT2D eigenvalue weighted by Gasteiger charge is 2.33. The van der Waals surface area contributed by atoms with Gasteiger partial charge in [-0.2, -0.15) is 13.2 Å². The maximum absolute atomic E-state index is 13.0. The number of hydrogen-bond donors (Lipinski definition) is 2. The third-order valence-electron chi connectivity index (χ3n) is 3.99. The van der Waals surface area contributed by atoms with Gasteiger partial charge in [0.1, 0.15) is 0 Å². The number of benzene rings is 1. The van der Waals surface area contributed by atoms with Crippen LogP contribution in [-0.4, -0.2) is 55.6 Å². The largest absolute Gasteiger partial charge is 0.418 e. The Labute approximate surface area is 161 Å². The molecular formula is C17H23ClF3N3O3. The van der Waals surface area contributed by atoms with Crippen LogP contribution in [0.2, 0.25) is 0 Å². The molecule has 2 rings (SSSR count). The summed E-state index contributed by atoms with van der Waals surface area (Å²) in [4.78, 5) is 25.8. The number of halogens is 4. The summed E-state index contributed by atoms with van der Waals surface area (Å²) in [5, 5.41) is 5.40. The zero-order chi connectivity index (χ0) is 19.2. The maximum atomic E-state index is 13.0. The number of anilines is 1. The Morgan fingerprint density at radius 3 is 2.63 bits per heavy atom. The minimum atomic E-state index is -4.57. The molecule has 6 nitrogen and oxygen atoms in total. The molecule has 0 spiro atoms. The van der Waals surface area contributed by atoms with E-state index in [4.69, 9.17) is 4.74 Å². The molecule has 0 saturated carbocycles. The number of amides is 2. The van der Waals surface area contributed by atoms with Gasteiger partial charge in [-0.25, -0.2) is 0 Å². The molecule has 1 heterocycles. The van der Waals surface area contributed by atoms with Crippen molar-refractivity contribution in [2.24, 2.45) is 0 Å². The zero-order valence-corrected chi connectivity index (χ0v) is 15.7. The predicted octanol–water partition coefficient (Wildman–Crippen LogP) is 2.29. The number of carbonyl (C=O) groups is 2. The molecule has 1 aromatic carbocycles. The molecule has 1 aliphatic rings. The molecule has 2 N–H and O–H groups in total. The fourth-order valence-electron chi connectivity index (χ4n) is 2.67. The molecule has 0 bridgehead atoms. The number of hydrogen-bond acceptors (Lipinski definition) is 4. The van der Waals surface area contributed by atoms with E-state index in [1.54, 1.807) is 6.92 Å². The normalized spacial score (nSPS) is 17.0. The number of ether oxygens (including phenoxy) is 1. The highest BCUT2D eigenvalue weighted by atomic mass is 35.5. The van der Waals surface area contributed by atoms with Crippen LogP contribution in [-0.2, 0) is 20.5 Å². The number of morpholine rings is 1. The van der Waals surface area contributed by atoms with E-state index in [0.29, 0.717) is 19.8 Å². The topological polar surface area (TPSA) is 70.7 Å². The van der Waals surface area contributed by atoms with E-state index in [-0.39, 0.29) is 49.6 Å². The van der Waals surface area contributed by atoms with Gasteiger partial charge in [0.2, 0.25) is 11.8 Å². The molecule has 27 heavy (non-hydrogen) atoms. The second-order valence-electron chi connectivity index (χ2n) is 5.93. The van der Waals surface area contributed by atoms with Crippen LogP contribution in [0.3, 0.4) is 0 Å². The molecule has 1 saturated heterocycles. The van der Waals surface area contributed by atoms with Gasteiger partial charge >= 0.3 is 6.18 Å². The standard InChI is InChI=1S/C17H22F3N3O3.ClH/c1-2-23(16(25)9-12-11-26-8-7-21-12)10-15(24)22-14-6-4-3-5-13(14)17(18,19)20;/h3-6,12,21H,2,7-11H2,1H3,(H,22,24);1H. The molecule has 1 aromatic rings. The van der Waals surface area contributed by atoms with Crippen LogP contribution in [0.15, 0.2) is 24.3 Å². The second-order valence-corrected chi connectivity index (χ2v) is 5.93. The van der Waals surface area contributed by atoms with Crippen molar-refractivity contribution >= 4 is 29.9 Å². The summed E-state index contributed by atoms with van der Waals surface area (Å²) in [7, 11) is 0. The summed E-state index contributed by atoms with van der Waals surface area (Å²) in [5.74, 6) is -0.931. The SMILES string of the molecule is CCN(CC(=O)Nc1ccccc1C(F)(F)F)C(=O)CC1COCCN1.Cl. The quantitative estimate of drug-likeness (QED) is 0.756. The highest BCUT2D eigenvalue weighted by molar-refractivity contribution is 5.95. The molecule has 1 unspecified atom stereocenters. The first kappa shape index (κ1) is 23.2. The van der Waals surface area contributed by atoms with Crippen molar-refractivity contribution in [2.75, 3.05) is 38.2 Å². The molecule has 1 atom stereocenters. The molecule has 0 aliphatic carbocycles. The number of carbonyl (C=O) groups excluding carboxylic acids is 2. The summed E-state index contributed by atoms with van der Waals surface area (Å²) in [6.07, 6.45) is -4.41. The predicted molar refractivity (Wildman–Crippen MR) is 96.8 cm³/mol. The maximum Gasteiger partial charge on any atom is 0.418 e. The summed E-state index contributed by atoms with van der Waals surface area (Å²) >= 11 is 0. The van der Waals surface area contributed by atoms with Crippen LogP contribution < -0.4 is 10.6 Å². The van der Waals surface area contributed by atoms with Crippen molar-refractivity contribution in [3.8, 4) is 0 Å². The van der Waals surface area contributed by atoms with E-state index in [0.717, 1.165) is 6.07 Å². The minimum absolute atomic E-state index is 0. The summed E-state index contributed by atoms with van der Waals surface area (Å²) in [5.41, 5.74) is -1.25. The number of nitrogens with one attached hydrogen (secondary N) is 2. The van der Waals surface area contributed by atoms with Crippen LogP contribution in [0.5, 0.6) is 0 Å². The summed E-state index contributed by atoms with van der Waals surface area (Å²) < 4.78 is 44.2. The lowest BCUT2D eigenvalue weighted by Crippen LogP contribution is -2.46. The van der Waals surface area contributed by atoms with Crippen molar-refractivity contribution in [3.05, 3.63) is 29.8 Å².